The SMILES string of the molecule is CCCCc1oc2ccccc2c1S(=O)(=O)c1ccc(OCC(O)CNC(C)C)cc1. The summed E-state index contributed by atoms with van der Waals surface area (Å²) in [5.74, 6) is 1.01. The summed E-state index contributed by atoms with van der Waals surface area (Å²) in [5.41, 5.74) is 0.580. The molecule has 0 saturated heterocycles. The van der Waals surface area contributed by atoms with Crippen molar-refractivity contribution in [1.29, 1.82) is 0 Å². The zero-order chi connectivity index (χ0) is 22.4. The molecule has 31 heavy (non-hydrogen) atoms. The van der Waals surface area contributed by atoms with Crippen LogP contribution in [0.3, 0.4) is 0 Å². The summed E-state index contributed by atoms with van der Waals surface area (Å²) in [4.78, 5) is 0.437. The lowest BCUT2D eigenvalue weighted by Crippen LogP contribution is -2.35. The van der Waals surface area contributed by atoms with E-state index >= 15 is 0 Å². The molecule has 0 saturated carbocycles. The monoisotopic (exact) mass is 445 g/mol. The molecule has 3 rings (SSSR count). The Kier molecular flexibility index (Phi) is 7.75. The number of unbranched alkanes of at least 4 members (excludes halogenated alkanes) is 1. The second-order valence-corrected chi connectivity index (χ2v) is 9.84. The van der Waals surface area contributed by atoms with Crippen LogP contribution in [0.4, 0.5) is 0 Å². The van der Waals surface area contributed by atoms with E-state index in [2.05, 4.69) is 12.2 Å². The first-order chi connectivity index (χ1) is 14.8. The van der Waals surface area contributed by atoms with Crippen molar-refractivity contribution in [3.63, 3.8) is 0 Å². The molecule has 0 aliphatic carbocycles. The Hall–Kier alpha value is -2.35. The first-order valence-corrected chi connectivity index (χ1v) is 12.2. The average molecular weight is 446 g/mol. The van der Waals surface area contributed by atoms with E-state index in [4.69, 9.17) is 9.15 Å². The Labute approximate surface area is 184 Å². The molecule has 0 aliphatic heterocycles. The maximum atomic E-state index is 13.5. The molecule has 0 fully saturated rings. The van der Waals surface area contributed by atoms with Gasteiger partial charge in [0.05, 0.1) is 4.90 Å². The van der Waals surface area contributed by atoms with Gasteiger partial charge in [0.25, 0.3) is 0 Å². The summed E-state index contributed by atoms with van der Waals surface area (Å²) in [5, 5.41) is 13.7. The van der Waals surface area contributed by atoms with Gasteiger partial charge in [0.15, 0.2) is 0 Å². The lowest BCUT2D eigenvalue weighted by molar-refractivity contribution is 0.104. The third-order valence-corrected chi connectivity index (χ3v) is 6.86. The van der Waals surface area contributed by atoms with E-state index in [0.717, 1.165) is 12.8 Å². The maximum absolute atomic E-state index is 13.5. The van der Waals surface area contributed by atoms with Crippen molar-refractivity contribution in [3.8, 4) is 5.75 Å². The molecule has 0 bridgehead atoms. The predicted molar refractivity (Wildman–Crippen MR) is 121 cm³/mol. The number of rotatable bonds is 11. The van der Waals surface area contributed by atoms with Crippen molar-refractivity contribution in [2.45, 2.75) is 62.0 Å². The molecular formula is C24H31NO5S. The largest absolute Gasteiger partial charge is 0.491 e. The predicted octanol–water partition coefficient (Wildman–Crippen LogP) is 4.35. The fourth-order valence-corrected chi connectivity index (χ4v) is 4.96. The van der Waals surface area contributed by atoms with Crippen molar-refractivity contribution in [1.82, 2.24) is 5.32 Å². The molecule has 6 nitrogen and oxygen atoms in total. The molecule has 2 N–H and O–H groups in total. The molecule has 1 aromatic heterocycles. The second-order valence-electron chi connectivity index (χ2n) is 7.96. The molecule has 1 atom stereocenters. The number of fused-ring (bicyclic) bond motifs is 1. The van der Waals surface area contributed by atoms with Crippen molar-refractivity contribution in [2.24, 2.45) is 0 Å². The zero-order valence-corrected chi connectivity index (χ0v) is 19.1. The minimum atomic E-state index is -3.76. The van der Waals surface area contributed by atoms with Crippen LogP contribution in [0.25, 0.3) is 11.0 Å². The molecule has 0 amide bonds. The second kappa shape index (κ2) is 10.3. The zero-order valence-electron chi connectivity index (χ0n) is 18.3. The van der Waals surface area contributed by atoms with Gasteiger partial charge in [-0.3, -0.25) is 0 Å². The van der Waals surface area contributed by atoms with Crippen LogP contribution in [-0.4, -0.2) is 38.8 Å². The number of ether oxygens (including phenoxy) is 1. The third kappa shape index (κ3) is 5.67. The summed E-state index contributed by atoms with van der Waals surface area (Å²) in [6, 6.07) is 13.8. The molecule has 1 heterocycles. The van der Waals surface area contributed by atoms with Crippen molar-refractivity contribution < 1.29 is 22.7 Å². The number of sulfone groups is 1. The fourth-order valence-electron chi connectivity index (χ4n) is 3.32. The Morgan fingerprint density at radius 1 is 1.10 bits per heavy atom. The molecule has 1 unspecified atom stereocenters. The number of para-hydroxylation sites is 1. The molecule has 168 valence electrons. The average Bonchev–Trinajstić information content (AvgIpc) is 3.14. The van der Waals surface area contributed by atoms with E-state index in [-0.39, 0.29) is 22.4 Å². The highest BCUT2D eigenvalue weighted by atomic mass is 32.2. The van der Waals surface area contributed by atoms with Crippen LogP contribution < -0.4 is 10.1 Å². The van der Waals surface area contributed by atoms with E-state index in [1.165, 1.54) is 12.1 Å². The standard InChI is InChI=1S/C24H31NO5S/c1-4-5-9-23-24(21-8-6-7-10-22(21)30-23)31(27,28)20-13-11-19(12-14-20)29-16-18(26)15-25-17(2)3/h6-8,10-14,17-18,25-26H,4-5,9,15-16H2,1-3H3. The van der Waals surface area contributed by atoms with E-state index in [1.54, 1.807) is 24.3 Å². The molecule has 2 aromatic carbocycles. The molecule has 0 spiro atoms. The number of furan rings is 1. The van der Waals surface area contributed by atoms with Gasteiger partial charge in [-0.15, -0.1) is 0 Å². The van der Waals surface area contributed by atoms with Gasteiger partial charge in [-0.25, -0.2) is 8.42 Å². The summed E-state index contributed by atoms with van der Waals surface area (Å²) >= 11 is 0. The van der Waals surface area contributed by atoms with Gasteiger partial charge < -0.3 is 19.6 Å². The van der Waals surface area contributed by atoms with Gasteiger partial charge in [0, 0.05) is 24.4 Å². The number of aliphatic hydroxyl groups is 1. The topological polar surface area (TPSA) is 88.8 Å². The number of hydrogen-bond acceptors (Lipinski definition) is 6. The van der Waals surface area contributed by atoms with Crippen LogP contribution in [0.5, 0.6) is 5.75 Å². The van der Waals surface area contributed by atoms with Crippen molar-refractivity contribution >= 4 is 20.8 Å². The van der Waals surface area contributed by atoms with Crippen molar-refractivity contribution in [3.05, 3.63) is 54.3 Å². The number of nitrogens with one attached hydrogen (secondary N) is 1. The Morgan fingerprint density at radius 3 is 2.48 bits per heavy atom. The van der Waals surface area contributed by atoms with Crippen LogP contribution in [0.15, 0.2) is 62.7 Å². The van der Waals surface area contributed by atoms with Crippen molar-refractivity contribution in [2.75, 3.05) is 13.2 Å². The minimum absolute atomic E-state index is 0.124. The van der Waals surface area contributed by atoms with E-state index in [1.807, 2.05) is 26.0 Å². The van der Waals surface area contributed by atoms with Crippen LogP contribution in [-0.2, 0) is 16.3 Å². The Bertz CT molecular complexity index is 1090. The number of benzene rings is 2. The van der Waals surface area contributed by atoms with Gasteiger partial charge >= 0.3 is 0 Å². The summed E-state index contributed by atoms with van der Waals surface area (Å²) < 4.78 is 38.4. The quantitative estimate of drug-likeness (QED) is 0.456. The molecule has 0 aliphatic rings. The minimum Gasteiger partial charge on any atom is -0.491 e. The van der Waals surface area contributed by atoms with Gasteiger partial charge in [-0.1, -0.05) is 39.3 Å². The Morgan fingerprint density at radius 2 is 1.81 bits per heavy atom. The van der Waals surface area contributed by atoms with E-state index < -0.39 is 15.9 Å². The van der Waals surface area contributed by atoms with E-state index in [9.17, 15) is 13.5 Å². The first kappa shape index (κ1) is 23.3. The molecular weight excluding hydrogens is 414 g/mol. The summed E-state index contributed by atoms with van der Waals surface area (Å²) in [6.45, 7) is 6.62. The lowest BCUT2D eigenvalue weighted by atomic mass is 10.2. The molecule has 0 radical (unpaired) electrons. The van der Waals surface area contributed by atoms with Gasteiger partial charge in [-0.2, -0.15) is 0 Å². The number of hydrogen-bond donors (Lipinski definition) is 2. The van der Waals surface area contributed by atoms with Crippen LogP contribution in [0.1, 0.15) is 39.4 Å². The first-order valence-electron chi connectivity index (χ1n) is 10.7. The summed E-state index contributed by atoms with van der Waals surface area (Å²) in [7, 11) is -3.76. The fraction of sp³-hybridized carbons (Fsp3) is 0.417. The highest BCUT2D eigenvalue weighted by Crippen LogP contribution is 2.35. The van der Waals surface area contributed by atoms with Crippen LogP contribution >= 0.6 is 0 Å². The molecule has 7 heteroatoms. The normalized spacial score (nSPS) is 13.1. The van der Waals surface area contributed by atoms with Gasteiger partial charge in [0.2, 0.25) is 9.84 Å². The van der Waals surface area contributed by atoms with E-state index in [0.29, 0.717) is 35.4 Å². The maximum Gasteiger partial charge on any atom is 0.210 e. The number of aryl methyl sites for hydroxylation is 1. The summed E-state index contributed by atoms with van der Waals surface area (Å²) in [6.07, 6.45) is 1.72. The van der Waals surface area contributed by atoms with Crippen LogP contribution in [0, 0.1) is 0 Å². The van der Waals surface area contributed by atoms with Gasteiger partial charge in [-0.05, 0) is 42.8 Å². The van der Waals surface area contributed by atoms with Crippen LogP contribution in [0.2, 0.25) is 0 Å². The number of aliphatic hydroxyl groups excluding tert-OH is 1. The highest BCUT2D eigenvalue weighted by molar-refractivity contribution is 7.91. The van der Waals surface area contributed by atoms with Gasteiger partial charge in [0.1, 0.15) is 34.7 Å². The molecule has 3 aromatic rings. The Balaban J connectivity index is 1.81. The smallest absolute Gasteiger partial charge is 0.210 e. The third-order valence-electron chi connectivity index (χ3n) is 4.98. The highest BCUT2D eigenvalue weighted by Gasteiger charge is 2.27. The lowest BCUT2D eigenvalue weighted by Gasteiger charge is -2.15.